The maximum Gasteiger partial charge on any atom is 0.430 e. The van der Waals surface area contributed by atoms with Crippen LogP contribution in [0.4, 0.5) is 23.7 Å². The number of alkyl halides is 3. The molecule has 1 aromatic rings. The second kappa shape index (κ2) is 4.31. The maximum absolute atomic E-state index is 13.1. The zero-order valence-electron chi connectivity index (χ0n) is 10.6. The number of rotatable bonds is 1. The lowest BCUT2D eigenvalue weighted by molar-refractivity contribution is -0.207. The first-order valence-electron chi connectivity index (χ1n) is 6.13. The fraction of sp³-hybridized carbons (Fsp3) is 0.357. The predicted octanol–water partition coefficient (Wildman–Crippen LogP) is 4.07. The number of nitrogens with zero attached hydrogens (tertiary/aromatic N) is 1. The molecule has 0 saturated heterocycles. The summed E-state index contributed by atoms with van der Waals surface area (Å²) < 4.78 is 43.8. The van der Waals surface area contributed by atoms with Crippen LogP contribution in [-0.2, 0) is 4.74 Å². The van der Waals surface area contributed by atoms with E-state index in [0.717, 1.165) is 11.0 Å². The second-order valence-electron chi connectivity index (χ2n) is 5.02. The van der Waals surface area contributed by atoms with Gasteiger partial charge in [-0.3, -0.25) is 4.90 Å². The first-order valence-corrected chi connectivity index (χ1v) is 6.51. The number of hydrogen-bond donors (Lipinski definition) is 0. The molecule has 2 aliphatic rings. The topological polar surface area (TPSA) is 29.5 Å². The van der Waals surface area contributed by atoms with Gasteiger partial charge < -0.3 is 4.74 Å². The Balaban J connectivity index is 2.16. The second-order valence-corrected chi connectivity index (χ2v) is 5.46. The highest BCUT2D eigenvalue weighted by Crippen LogP contribution is 2.51. The number of fused-ring (bicyclic) bond motifs is 1. The summed E-state index contributed by atoms with van der Waals surface area (Å²) in [5.41, 5.74) is -0.986. The van der Waals surface area contributed by atoms with E-state index in [1.165, 1.54) is 12.1 Å². The fourth-order valence-electron chi connectivity index (χ4n) is 2.45. The van der Waals surface area contributed by atoms with Gasteiger partial charge in [-0.1, -0.05) is 17.5 Å². The van der Waals surface area contributed by atoms with Crippen molar-refractivity contribution in [2.45, 2.75) is 30.7 Å². The predicted molar refractivity (Wildman–Crippen MR) is 70.0 cm³/mol. The summed E-state index contributed by atoms with van der Waals surface area (Å²) in [6.07, 6.45) is -1.65. The molecule has 1 heterocycles. The van der Waals surface area contributed by atoms with Gasteiger partial charge in [-0.15, -0.1) is 6.42 Å². The van der Waals surface area contributed by atoms with Crippen molar-refractivity contribution in [3.8, 4) is 12.3 Å². The van der Waals surface area contributed by atoms with Gasteiger partial charge in [-0.05, 0) is 31.0 Å². The van der Waals surface area contributed by atoms with E-state index in [1.807, 2.05) is 0 Å². The summed E-state index contributed by atoms with van der Waals surface area (Å²) in [4.78, 5) is 13.1. The SMILES string of the molecule is C#CC1(N2C(=O)O[C@H](C(F)(F)F)c3cc(Cl)ccc32)CC1. The molecule has 0 bridgehead atoms. The molecule has 1 fully saturated rings. The molecule has 3 nitrogen and oxygen atoms in total. The van der Waals surface area contributed by atoms with Gasteiger partial charge >= 0.3 is 12.3 Å². The third-order valence-corrected chi connectivity index (χ3v) is 3.87. The van der Waals surface area contributed by atoms with Crippen LogP contribution in [0.3, 0.4) is 0 Å². The minimum absolute atomic E-state index is 0.105. The standard InChI is InChI=1S/C14H9ClF3NO2/c1-2-13(5-6-13)19-10-4-3-8(15)7-9(10)11(14(16,17)18)21-12(19)20/h1,3-4,7,11H,5-6H2/t11-/m0/s1. The fourth-order valence-corrected chi connectivity index (χ4v) is 2.63. The first kappa shape index (κ1) is 14.1. The maximum atomic E-state index is 13.1. The number of benzene rings is 1. The summed E-state index contributed by atoms with van der Waals surface area (Å²) in [6, 6.07) is 3.95. The largest absolute Gasteiger partial charge is 0.431 e. The molecule has 1 aromatic carbocycles. The number of amides is 1. The van der Waals surface area contributed by atoms with Crippen LogP contribution in [-0.4, -0.2) is 17.8 Å². The molecular weight excluding hydrogens is 307 g/mol. The van der Waals surface area contributed by atoms with Crippen LogP contribution in [0.5, 0.6) is 0 Å². The Morgan fingerprint density at radius 1 is 1.43 bits per heavy atom. The van der Waals surface area contributed by atoms with Crippen LogP contribution in [0.15, 0.2) is 18.2 Å². The molecule has 1 saturated carbocycles. The molecule has 0 radical (unpaired) electrons. The van der Waals surface area contributed by atoms with Gasteiger partial charge in [0, 0.05) is 10.6 Å². The number of halogens is 4. The Hall–Kier alpha value is -1.87. The monoisotopic (exact) mass is 315 g/mol. The molecule has 7 heteroatoms. The van der Waals surface area contributed by atoms with E-state index in [-0.39, 0.29) is 16.3 Å². The molecule has 1 atom stereocenters. The lowest BCUT2D eigenvalue weighted by Gasteiger charge is -2.37. The Morgan fingerprint density at radius 3 is 2.62 bits per heavy atom. The van der Waals surface area contributed by atoms with E-state index in [9.17, 15) is 18.0 Å². The van der Waals surface area contributed by atoms with Crippen molar-refractivity contribution in [2.75, 3.05) is 4.90 Å². The lowest BCUT2D eigenvalue weighted by Crippen LogP contribution is -2.48. The zero-order chi connectivity index (χ0) is 15.4. The number of ether oxygens (including phenoxy) is 1. The third-order valence-electron chi connectivity index (χ3n) is 3.63. The van der Waals surface area contributed by atoms with Crippen LogP contribution >= 0.6 is 11.6 Å². The lowest BCUT2D eigenvalue weighted by atomic mass is 10.0. The van der Waals surface area contributed by atoms with Gasteiger partial charge in [-0.2, -0.15) is 13.2 Å². The van der Waals surface area contributed by atoms with Gasteiger partial charge in [-0.25, -0.2) is 4.79 Å². The van der Waals surface area contributed by atoms with E-state index in [1.54, 1.807) is 0 Å². The summed E-state index contributed by atoms with van der Waals surface area (Å²) in [5.74, 6) is 2.47. The smallest absolute Gasteiger partial charge is 0.430 e. The average Bonchev–Trinajstić information content (AvgIpc) is 3.18. The third kappa shape index (κ3) is 2.12. The van der Waals surface area contributed by atoms with Crippen molar-refractivity contribution in [2.24, 2.45) is 0 Å². The summed E-state index contributed by atoms with van der Waals surface area (Å²) in [7, 11) is 0. The van der Waals surface area contributed by atoms with E-state index >= 15 is 0 Å². The molecule has 0 N–H and O–H groups in total. The summed E-state index contributed by atoms with van der Waals surface area (Å²) >= 11 is 5.77. The number of hydrogen-bond acceptors (Lipinski definition) is 2. The normalized spacial score (nSPS) is 23.1. The number of carbonyl (C=O) groups is 1. The number of anilines is 1. The van der Waals surface area contributed by atoms with Crippen LogP contribution < -0.4 is 4.90 Å². The van der Waals surface area contributed by atoms with E-state index in [4.69, 9.17) is 18.0 Å². The van der Waals surface area contributed by atoms with Crippen molar-refractivity contribution in [3.63, 3.8) is 0 Å². The highest BCUT2D eigenvalue weighted by atomic mass is 35.5. The first-order chi connectivity index (χ1) is 9.78. The highest BCUT2D eigenvalue weighted by Gasteiger charge is 2.57. The van der Waals surface area contributed by atoms with Crippen molar-refractivity contribution >= 4 is 23.4 Å². The molecule has 1 aliphatic carbocycles. The van der Waals surface area contributed by atoms with Crippen molar-refractivity contribution in [1.29, 1.82) is 0 Å². The minimum Gasteiger partial charge on any atom is -0.431 e. The quantitative estimate of drug-likeness (QED) is 0.731. The van der Waals surface area contributed by atoms with Gasteiger partial charge in [0.25, 0.3) is 0 Å². The Kier molecular flexibility index (Phi) is 2.89. The van der Waals surface area contributed by atoms with Crippen molar-refractivity contribution < 1.29 is 22.7 Å². The van der Waals surface area contributed by atoms with Crippen LogP contribution in [0.1, 0.15) is 24.5 Å². The van der Waals surface area contributed by atoms with Gasteiger partial charge in [0.05, 0.1) is 5.69 Å². The van der Waals surface area contributed by atoms with Crippen molar-refractivity contribution in [1.82, 2.24) is 0 Å². The van der Waals surface area contributed by atoms with Gasteiger partial charge in [0.2, 0.25) is 6.10 Å². The van der Waals surface area contributed by atoms with Crippen LogP contribution in [0, 0.1) is 12.3 Å². The van der Waals surface area contributed by atoms with E-state index in [2.05, 4.69) is 10.7 Å². The Bertz CT molecular complexity index is 661. The summed E-state index contributed by atoms with van der Waals surface area (Å²) in [6.45, 7) is 0. The molecule has 1 aliphatic heterocycles. The van der Waals surface area contributed by atoms with Gasteiger partial charge in [0.1, 0.15) is 5.54 Å². The molecule has 0 unspecified atom stereocenters. The van der Waals surface area contributed by atoms with Crippen LogP contribution in [0.2, 0.25) is 5.02 Å². The molecule has 0 spiro atoms. The Morgan fingerprint density at radius 2 is 2.10 bits per heavy atom. The van der Waals surface area contributed by atoms with E-state index < -0.39 is 23.9 Å². The zero-order valence-corrected chi connectivity index (χ0v) is 11.3. The summed E-state index contributed by atoms with van der Waals surface area (Å²) in [5, 5.41) is 0.131. The van der Waals surface area contributed by atoms with E-state index in [0.29, 0.717) is 12.8 Å². The molecule has 3 rings (SSSR count). The molecule has 1 amide bonds. The van der Waals surface area contributed by atoms with Gasteiger partial charge in [0.15, 0.2) is 0 Å². The minimum atomic E-state index is -4.71. The molecule has 110 valence electrons. The Labute approximate surface area is 123 Å². The van der Waals surface area contributed by atoms with Crippen LogP contribution in [0.25, 0.3) is 0 Å². The number of carbonyl (C=O) groups excluding carboxylic acids is 1. The number of cyclic esters (lactones) is 1. The molecular formula is C14H9ClF3NO2. The molecule has 0 aromatic heterocycles. The van der Waals surface area contributed by atoms with Crippen molar-refractivity contribution in [3.05, 3.63) is 28.8 Å². The highest BCUT2D eigenvalue weighted by molar-refractivity contribution is 6.30. The molecule has 21 heavy (non-hydrogen) atoms. The number of terminal acetylenes is 1. The average molecular weight is 316 g/mol.